The lowest BCUT2D eigenvalue weighted by atomic mass is 9.79. The van der Waals surface area contributed by atoms with Crippen LogP contribution in [0.15, 0.2) is 41.9 Å². The monoisotopic (exact) mass is 329 g/mol. The molecule has 1 N–H and O–H groups in total. The topological polar surface area (TPSA) is 62.3 Å². The minimum absolute atomic E-state index is 0.0991. The molecule has 0 spiro atoms. The second-order valence-corrected chi connectivity index (χ2v) is 6.81. The first kappa shape index (κ1) is 15.7. The van der Waals surface area contributed by atoms with Gasteiger partial charge in [-0.05, 0) is 18.4 Å². The summed E-state index contributed by atoms with van der Waals surface area (Å²) in [4.78, 5) is 31.3. The largest absolute Gasteiger partial charge is 0.349 e. The molecule has 1 aliphatic rings. The van der Waals surface area contributed by atoms with Crippen LogP contribution in [-0.2, 0) is 22.6 Å². The van der Waals surface area contributed by atoms with Crippen LogP contribution in [0.25, 0.3) is 0 Å². The lowest BCUT2D eigenvalue weighted by Gasteiger charge is -2.26. The fourth-order valence-electron chi connectivity index (χ4n) is 3.00. The van der Waals surface area contributed by atoms with E-state index in [4.69, 9.17) is 0 Å². The number of aromatic nitrogens is 1. The highest BCUT2D eigenvalue weighted by Crippen LogP contribution is 2.35. The second-order valence-electron chi connectivity index (χ2n) is 5.83. The summed E-state index contributed by atoms with van der Waals surface area (Å²) < 4.78 is 0. The summed E-state index contributed by atoms with van der Waals surface area (Å²) in [6.45, 7) is 0.973. The predicted molar refractivity (Wildman–Crippen MR) is 88.8 cm³/mol. The Morgan fingerprint density at radius 3 is 2.78 bits per heavy atom. The highest BCUT2D eigenvalue weighted by molar-refractivity contribution is 7.09. The summed E-state index contributed by atoms with van der Waals surface area (Å²) in [6.07, 6.45) is 2.68. The standard InChI is InChI=1S/C17H19N3O2S/c1-20-9-7-17(16(20)22,11-13-5-3-2-4-6-13)15(21)19-12-14-18-8-10-23-14/h2-6,8,10H,7,9,11-12H2,1H3,(H,19,21). The quantitative estimate of drug-likeness (QED) is 0.852. The van der Waals surface area contributed by atoms with Crippen molar-refractivity contribution in [3.05, 3.63) is 52.5 Å². The van der Waals surface area contributed by atoms with Gasteiger partial charge in [-0.3, -0.25) is 9.59 Å². The smallest absolute Gasteiger partial charge is 0.238 e. The average molecular weight is 329 g/mol. The molecule has 23 heavy (non-hydrogen) atoms. The highest BCUT2D eigenvalue weighted by Gasteiger charge is 2.51. The van der Waals surface area contributed by atoms with Crippen molar-refractivity contribution in [3.8, 4) is 0 Å². The number of amides is 2. The molecule has 1 aromatic carbocycles. The maximum absolute atomic E-state index is 12.8. The molecule has 2 aromatic rings. The molecule has 0 aliphatic carbocycles. The van der Waals surface area contributed by atoms with E-state index in [9.17, 15) is 9.59 Å². The number of thiazole rings is 1. The molecule has 1 aromatic heterocycles. The van der Waals surface area contributed by atoms with Crippen molar-refractivity contribution in [2.75, 3.05) is 13.6 Å². The maximum Gasteiger partial charge on any atom is 0.238 e. The van der Waals surface area contributed by atoms with Gasteiger partial charge in [-0.25, -0.2) is 4.98 Å². The lowest BCUT2D eigenvalue weighted by molar-refractivity contribution is -0.144. The van der Waals surface area contributed by atoms with Crippen LogP contribution in [0.1, 0.15) is 17.0 Å². The molecule has 0 radical (unpaired) electrons. The van der Waals surface area contributed by atoms with Crippen molar-refractivity contribution in [1.29, 1.82) is 0 Å². The van der Waals surface area contributed by atoms with Gasteiger partial charge < -0.3 is 10.2 Å². The second kappa shape index (κ2) is 6.50. The van der Waals surface area contributed by atoms with E-state index in [1.807, 2.05) is 35.7 Å². The fourth-order valence-corrected chi connectivity index (χ4v) is 3.55. The van der Waals surface area contributed by atoms with Crippen LogP contribution in [0.3, 0.4) is 0 Å². The Hall–Kier alpha value is -2.21. The Morgan fingerprint density at radius 2 is 2.17 bits per heavy atom. The summed E-state index contributed by atoms with van der Waals surface area (Å²) >= 11 is 1.49. The molecule has 2 heterocycles. The van der Waals surface area contributed by atoms with Crippen molar-refractivity contribution in [2.45, 2.75) is 19.4 Å². The Labute approximate surface area is 139 Å². The first-order chi connectivity index (χ1) is 11.1. The van der Waals surface area contributed by atoms with Gasteiger partial charge in [0, 0.05) is 25.2 Å². The molecule has 5 nitrogen and oxygen atoms in total. The zero-order valence-corrected chi connectivity index (χ0v) is 13.8. The van der Waals surface area contributed by atoms with E-state index < -0.39 is 5.41 Å². The van der Waals surface area contributed by atoms with Crippen LogP contribution < -0.4 is 5.32 Å². The van der Waals surface area contributed by atoms with Crippen LogP contribution in [0.2, 0.25) is 0 Å². The Morgan fingerprint density at radius 1 is 1.39 bits per heavy atom. The number of benzene rings is 1. The highest BCUT2D eigenvalue weighted by atomic mass is 32.1. The molecule has 6 heteroatoms. The summed E-state index contributed by atoms with van der Waals surface area (Å²) in [5.41, 5.74) is -0.00608. The van der Waals surface area contributed by atoms with Crippen LogP contribution in [0.5, 0.6) is 0 Å². The van der Waals surface area contributed by atoms with Crippen LogP contribution in [0, 0.1) is 5.41 Å². The van der Waals surface area contributed by atoms with Gasteiger partial charge in [0.15, 0.2) is 0 Å². The summed E-state index contributed by atoms with van der Waals surface area (Å²) in [5.74, 6) is -0.302. The van der Waals surface area contributed by atoms with E-state index in [1.54, 1.807) is 18.1 Å². The molecule has 1 fully saturated rings. The number of likely N-dealkylation sites (tertiary alicyclic amines) is 1. The van der Waals surface area contributed by atoms with E-state index in [2.05, 4.69) is 10.3 Å². The molecule has 1 saturated heterocycles. The van der Waals surface area contributed by atoms with Gasteiger partial charge in [0.05, 0.1) is 6.54 Å². The Bertz CT molecular complexity index is 687. The lowest BCUT2D eigenvalue weighted by Crippen LogP contribution is -2.47. The third-order valence-corrected chi connectivity index (χ3v) is 5.08. The third kappa shape index (κ3) is 3.12. The number of rotatable bonds is 5. The van der Waals surface area contributed by atoms with E-state index in [-0.39, 0.29) is 11.8 Å². The number of nitrogens with one attached hydrogen (secondary N) is 1. The van der Waals surface area contributed by atoms with Crippen molar-refractivity contribution >= 4 is 23.2 Å². The Kier molecular flexibility index (Phi) is 4.43. The number of carbonyl (C=O) groups is 2. The molecule has 2 amide bonds. The van der Waals surface area contributed by atoms with Crippen molar-refractivity contribution in [2.24, 2.45) is 5.41 Å². The van der Waals surface area contributed by atoms with Gasteiger partial charge in [-0.15, -0.1) is 11.3 Å². The van der Waals surface area contributed by atoms with E-state index in [1.165, 1.54) is 11.3 Å². The number of nitrogens with zero attached hydrogens (tertiary/aromatic N) is 2. The average Bonchev–Trinajstić information content (AvgIpc) is 3.18. The van der Waals surface area contributed by atoms with Gasteiger partial charge in [0.1, 0.15) is 10.4 Å². The molecule has 3 rings (SSSR count). The SMILES string of the molecule is CN1CCC(Cc2ccccc2)(C(=O)NCc2nccs2)C1=O. The van der Waals surface area contributed by atoms with E-state index in [0.29, 0.717) is 25.9 Å². The Balaban J connectivity index is 1.80. The van der Waals surface area contributed by atoms with Gasteiger partial charge in [-0.1, -0.05) is 30.3 Å². The van der Waals surface area contributed by atoms with Gasteiger partial charge in [-0.2, -0.15) is 0 Å². The molecule has 1 unspecified atom stereocenters. The number of carbonyl (C=O) groups excluding carboxylic acids is 2. The van der Waals surface area contributed by atoms with Crippen molar-refractivity contribution < 1.29 is 9.59 Å². The zero-order valence-electron chi connectivity index (χ0n) is 13.0. The molecular weight excluding hydrogens is 310 g/mol. The third-order valence-electron chi connectivity index (χ3n) is 4.30. The minimum atomic E-state index is -1.01. The predicted octanol–water partition coefficient (Wildman–Crippen LogP) is 1.85. The number of hydrogen-bond acceptors (Lipinski definition) is 4. The summed E-state index contributed by atoms with van der Waals surface area (Å²) in [7, 11) is 1.75. The number of hydrogen-bond donors (Lipinski definition) is 1. The molecule has 0 bridgehead atoms. The van der Waals surface area contributed by atoms with Crippen LogP contribution in [-0.4, -0.2) is 35.3 Å². The van der Waals surface area contributed by atoms with Crippen molar-refractivity contribution in [3.63, 3.8) is 0 Å². The van der Waals surface area contributed by atoms with E-state index >= 15 is 0 Å². The fraction of sp³-hybridized carbons (Fsp3) is 0.353. The molecular formula is C17H19N3O2S. The summed E-state index contributed by atoms with van der Waals surface area (Å²) in [6, 6.07) is 9.71. The van der Waals surface area contributed by atoms with Crippen LogP contribution >= 0.6 is 11.3 Å². The molecule has 1 atom stereocenters. The summed E-state index contributed by atoms with van der Waals surface area (Å²) in [5, 5.41) is 5.61. The molecule has 120 valence electrons. The van der Waals surface area contributed by atoms with Gasteiger partial charge in [0.2, 0.25) is 11.8 Å². The first-order valence-corrected chi connectivity index (χ1v) is 8.46. The normalized spacial score (nSPS) is 20.7. The zero-order chi connectivity index (χ0) is 16.3. The first-order valence-electron chi connectivity index (χ1n) is 7.58. The minimum Gasteiger partial charge on any atom is -0.349 e. The van der Waals surface area contributed by atoms with Crippen molar-refractivity contribution in [1.82, 2.24) is 15.2 Å². The van der Waals surface area contributed by atoms with Crippen LogP contribution in [0.4, 0.5) is 0 Å². The molecule has 1 aliphatic heterocycles. The van der Waals surface area contributed by atoms with Gasteiger partial charge in [0.25, 0.3) is 0 Å². The maximum atomic E-state index is 12.8. The molecule has 0 saturated carbocycles. The van der Waals surface area contributed by atoms with E-state index in [0.717, 1.165) is 10.6 Å². The van der Waals surface area contributed by atoms with Gasteiger partial charge >= 0.3 is 0 Å².